The molecule has 238 valence electrons. The number of amides is 3. The van der Waals surface area contributed by atoms with E-state index >= 15 is 0 Å². The summed E-state index contributed by atoms with van der Waals surface area (Å²) in [5.74, 6) is -2.13. The SMILES string of the molecule is C=CCC(CC(=O)NCCOCCO)C(=O)NC(COC(=O)C(CC=C)NC(=O)OCc1ccccc1)Cc1ccccc1. The van der Waals surface area contributed by atoms with Gasteiger partial charge in [0.05, 0.1) is 31.8 Å². The summed E-state index contributed by atoms with van der Waals surface area (Å²) >= 11 is 0. The van der Waals surface area contributed by atoms with Crippen molar-refractivity contribution in [3.63, 3.8) is 0 Å². The van der Waals surface area contributed by atoms with Crippen LogP contribution in [0.2, 0.25) is 0 Å². The van der Waals surface area contributed by atoms with Gasteiger partial charge in [0.15, 0.2) is 0 Å². The van der Waals surface area contributed by atoms with Gasteiger partial charge in [0.1, 0.15) is 19.3 Å². The van der Waals surface area contributed by atoms with Gasteiger partial charge >= 0.3 is 12.1 Å². The molecule has 0 aliphatic carbocycles. The highest BCUT2D eigenvalue weighted by molar-refractivity contribution is 5.86. The minimum Gasteiger partial charge on any atom is -0.462 e. The fourth-order valence-electron chi connectivity index (χ4n) is 4.15. The van der Waals surface area contributed by atoms with Gasteiger partial charge in [-0.25, -0.2) is 9.59 Å². The molecular formula is C33H43N3O8. The van der Waals surface area contributed by atoms with Gasteiger partial charge in [0.25, 0.3) is 0 Å². The first-order chi connectivity index (χ1) is 21.4. The molecule has 4 N–H and O–H groups in total. The first-order valence-electron chi connectivity index (χ1n) is 14.5. The van der Waals surface area contributed by atoms with E-state index in [1.807, 2.05) is 60.7 Å². The molecule has 0 heterocycles. The Morgan fingerprint density at radius 2 is 1.50 bits per heavy atom. The van der Waals surface area contributed by atoms with Gasteiger partial charge in [-0.1, -0.05) is 72.8 Å². The summed E-state index contributed by atoms with van der Waals surface area (Å²) in [5, 5.41) is 16.9. The molecule has 0 aliphatic rings. The van der Waals surface area contributed by atoms with E-state index in [1.54, 1.807) is 6.08 Å². The normalized spacial score (nSPS) is 12.6. The van der Waals surface area contributed by atoms with Gasteiger partial charge in [-0.05, 0) is 30.4 Å². The van der Waals surface area contributed by atoms with E-state index in [-0.39, 0.29) is 70.7 Å². The van der Waals surface area contributed by atoms with Gasteiger partial charge in [-0.3, -0.25) is 9.59 Å². The Morgan fingerprint density at radius 1 is 0.841 bits per heavy atom. The van der Waals surface area contributed by atoms with Crippen molar-refractivity contribution in [2.75, 3.05) is 33.0 Å². The lowest BCUT2D eigenvalue weighted by molar-refractivity contribution is -0.147. The molecule has 0 bridgehead atoms. The standard InChI is InChI=1S/C33H43N3O8/c1-3-11-27(22-30(38)34-17-19-42-20-18-37)31(39)35-28(21-25-13-7-5-8-14-25)24-43-32(40)29(12-4-2)36-33(41)44-23-26-15-9-6-10-16-26/h3-10,13-16,27-29,37H,1-2,11-12,17-24H2,(H,34,38)(H,35,39)(H,36,41). The molecule has 0 saturated heterocycles. The molecule has 11 nitrogen and oxygen atoms in total. The summed E-state index contributed by atoms with van der Waals surface area (Å²) in [6, 6.07) is 16.8. The van der Waals surface area contributed by atoms with Crippen LogP contribution >= 0.6 is 0 Å². The number of allylic oxidation sites excluding steroid dienone is 1. The average molecular weight is 610 g/mol. The number of benzene rings is 2. The highest BCUT2D eigenvalue weighted by atomic mass is 16.6. The maximum Gasteiger partial charge on any atom is 0.408 e. The average Bonchev–Trinajstić information content (AvgIpc) is 3.03. The molecule has 44 heavy (non-hydrogen) atoms. The minimum atomic E-state index is -1.04. The van der Waals surface area contributed by atoms with Crippen molar-refractivity contribution in [3.8, 4) is 0 Å². The van der Waals surface area contributed by atoms with Gasteiger partial charge < -0.3 is 35.3 Å². The van der Waals surface area contributed by atoms with Crippen LogP contribution in [0.4, 0.5) is 4.79 Å². The molecule has 0 aliphatic heterocycles. The van der Waals surface area contributed by atoms with E-state index in [4.69, 9.17) is 19.3 Å². The van der Waals surface area contributed by atoms with Crippen LogP contribution in [0.5, 0.6) is 0 Å². The van der Waals surface area contributed by atoms with Crippen molar-refractivity contribution in [2.24, 2.45) is 5.92 Å². The fourth-order valence-corrected chi connectivity index (χ4v) is 4.15. The summed E-state index contributed by atoms with van der Waals surface area (Å²) in [4.78, 5) is 51.1. The van der Waals surface area contributed by atoms with E-state index in [9.17, 15) is 19.2 Å². The number of ether oxygens (including phenoxy) is 3. The molecule has 3 amide bonds. The monoisotopic (exact) mass is 609 g/mol. The van der Waals surface area contributed by atoms with Crippen molar-refractivity contribution >= 4 is 23.9 Å². The molecule has 0 spiro atoms. The zero-order valence-corrected chi connectivity index (χ0v) is 25.0. The predicted molar refractivity (Wildman–Crippen MR) is 165 cm³/mol. The van der Waals surface area contributed by atoms with Crippen LogP contribution in [0, 0.1) is 5.92 Å². The van der Waals surface area contributed by atoms with Crippen LogP contribution in [0.1, 0.15) is 30.4 Å². The van der Waals surface area contributed by atoms with E-state index in [0.717, 1.165) is 11.1 Å². The number of aliphatic hydroxyl groups is 1. The molecule has 2 aromatic rings. The Bertz CT molecular complexity index is 1180. The second-order valence-electron chi connectivity index (χ2n) is 9.92. The number of carbonyl (C=O) groups is 4. The lowest BCUT2D eigenvalue weighted by atomic mass is 9.98. The quantitative estimate of drug-likeness (QED) is 0.0958. The van der Waals surface area contributed by atoms with E-state index in [1.165, 1.54) is 6.08 Å². The number of aliphatic hydroxyl groups excluding tert-OH is 1. The third-order valence-electron chi connectivity index (χ3n) is 6.35. The molecular weight excluding hydrogens is 566 g/mol. The second-order valence-corrected chi connectivity index (χ2v) is 9.92. The summed E-state index contributed by atoms with van der Waals surface area (Å²) in [5.41, 5.74) is 1.70. The number of rotatable bonds is 21. The van der Waals surface area contributed by atoms with E-state index in [0.29, 0.717) is 6.42 Å². The highest BCUT2D eigenvalue weighted by Gasteiger charge is 2.26. The van der Waals surface area contributed by atoms with Crippen molar-refractivity contribution in [2.45, 2.75) is 44.4 Å². The highest BCUT2D eigenvalue weighted by Crippen LogP contribution is 2.12. The number of hydrogen-bond acceptors (Lipinski definition) is 8. The van der Waals surface area contributed by atoms with Crippen LogP contribution in [-0.2, 0) is 41.6 Å². The molecule has 11 heteroatoms. The van der Waals surface area contributed by atoms with Crippen LogP contribution in [0.25, 0.3) is 0 Å². The molecule has 3 unspecified atom stereocenters. The summed E-state index contributed by atoms with van der Waals surface area (Å²) in [6.45, 7) is 7.76. The second kappa shape index (κ2) is 21.2. The number of alkyl carbamates (subject to hydrolysis) is 1. The molecule has 2 aromatic carbocycles. The topological polar surface area (TPSA) is 152 Å². The lowest BCUT2D eigenvalue weighted by Crippen LogP contribution is -2.46. The van der Waals surface area contributed by atoms with Crippen molar-refractivity contribution in [3.05, 3.63) is 97.1 Å². The van der Waals surface area contributed by atoms with Crippen molar-refractivity contribution < 1.29 is 38.5 Å². The van der Waals surface area contributed by atoms with Gasteiger partial charge in [-0.2, -0.15) is 0 Å². The molecule has 2 rings (SSSR count). The molecule has 0 saturated carbocycles. The zero-order valence-electron chi connectivity index (χ0n) is 25.0. The Labute approximate surface area is 258 Å². The molecule has 0 radical (unpaired) electrons. The summed E-state index contributed by atoms with van der Waals surface area (Å²) in [7, 11) is 0. The van der Waals surface area contributed by atoms with Crippen molar-refractivity contribution in [1.82, 2.24) is 16.0 Å². The van der Waals surface area contributed by atoms with Crippen LogP contribution in [0.15, 0.2) is 86.0 Å². The molecule has 0 fully saturated rings. The third-order valence-corrected chi connectivity index (χ3v) is 6.35. The van der Waals surface area contributed by atoms with E-state index in [2.05, 4.69) is 29.1 Å². The predicted octanol–water partition coefficient (Wildman–Crippen LogP) is 2.84. The van der Waals surface area contributed by atoms with Gasteiger partial charge in [-0.15, -0.1) is 13.2 Å². The Balaban J connectivity index is 2.00. The third kappa shape index (κ3) is 14.6. The Hall–Kier alpha value is -4.48. The number of nitrogens with one attached hydrogen (secondary N) is 3. The van der Waals surface area contributed by atoms with Crippen LogP contribution in [0.3, 0.4) is 0 Å². The number of hydrogen-bond donors (Lipinski definition) is 4. The first-order valence-corrected chi connectivity index (χ1v) is 14.5. The molecule has 3 atom stereocenters. The largest absolute Gasteiger partial charge is 0.462 e. The minimum absolute atomic E-state index is 0.0368. The molecule has 0 aromatic heterocycles. The zero-order chi connectivity index (χ0) is 32.0. The number of esters is 1. The summed E-state index contributed by atoms with van der Waals surface area (Å²) in [6.07, 6.45) is 2.91. The Kier molecular flexibility index (Phi) is 17.2. The summed E-state index contributed by atoms with van der Waals surface area (Å²) < 4.78 is 15.9. The maximum absolute atomic E-state index is 13.3. The van der Waals surface area contributed by atoms with Crippen LogP contribution < -0.4 is 16.0 Å². The van der Waals surface area contributed by atoms with Crippen LogP contribution in [-0.4, -0.2) is 74.0 Å². The first kappa shape index (κ1) is 35.7. The number of carbonyl (C=O) groups excluding carboxylic acids is 4. The van der Waals surface area contributed by atoms with Gasteiger partial charge in [0.2, 0.25) is 11.8 Å². The lowest BCUT2D eigenvalue weighted by Gasteiger charge is -2.23. The maximum atomic E-state index is 13.3. The fraction of sp³-hybridized carbons (Fsp3) is 0.394. The Morgan fingerprint density at radius 3 is 2.14 bits per heavy atom. The van der Waals surface area contributed by atoms with Crippen molar-refractivity contribution in [1.29, 1.82) is 0 Å². The smallest absolute Gasteiger partial charge is 0.408 e. The van der Waals surface area contributed by atoms with E-state index < -0.39 is 30.1 Å². The van der Waals surface area contributed by atoms with Gasteiger partial charge in [0, 0.05) is 13.0 Å².